The molecule has 0 unspecified atom stereocenters. The van der Waals surface area contributed by atoms with Gasteiger partial charge in [-0.25, -0.2) is 9.59 Å². The predicted octanol–water partition coefficient (Wildman–Crippen LogP) is 3.76. The number of nitrogens with zero attached hydrogens (tertiary/aromatic N) is 1. The summed E-state index contributed by atoms with van der Waals surface area (Å²) in [6.07, 6.45) is 4.48. The summed E-state index contributed by atoms with van der Waals surface area (Å²) in [7, 11) is 0. The molecule has 0 aliphatic heterocycles. The Morgan fingerprint density at radius 2 is 1.92 bits per heavy atom. The van der Waals surface area contributed by atoms with E-state index in [1.165, 1.54) is 6.08 Å². The molecule has 0 aliphatic carbocycles. The molecule has 132 valence electrons. The van der Waals surface area contributed by atoms with Gasteiger partial charge in [0.1, 0.15) is 12.2 Å². The van der Waals surface area contributed by atoms with Gasteiger partial charge in [-0.05, 0) is 31.2 Å². The van der Waals surface area contributed by atoms with Gasteiger partial charge in [0, 0.05) is 17.7 Å². The SMILES string of the molecule is CCOC(=O)c1oc2ccccc2c1COC(=O)/C=C/c1ccccn1. The van der Waals surface area contributed by atoms with Crippen LogP contribution in [0.15, 0.2) is 59.2 Å². The van der Waals surface area contributed by atoms with Crippen molar-refractivity contribution in [3.05, 3.63) is 71.8 Å². The molecule has 0 saturated carbocycles. The normalized spacial score (nSPS) is 11.0. The summed E-state index contributed by atoms with van der Waals surface area (Å²) >= 11 is 0. The summed E-state index contributed by atoms with van der Waals surface area (Å²) in [6, 6.07) is 12.5. The fraction of sp³-hybridized carbons (Fsp3) is 0.150. The number of benzene rings is 1. The zero-order valence-electron chi connectivity index (χ0n) is 14.2. The highest BCUT2D eigenvalue weighted by molar-refractivity contribution is 5.96. The molecular weight excluding hydrogens is 334 g/mol. The maximum Gasteiger partial charge on any atom is 0.374 e. The summed E-state index contributed by atoms with van der Waals surface area (Å²) in [5.41, 5.74) is 1.66. The average Bonchev–Trinajstić information content (AvgIpc) is 3.04. The van der Waals surface area contributed by atoms with Gasteiger partial charge < -0.3 is 13.9 Å². The van der Waals surface area contributed by atoms with E-state index in [1.54, 1.807) is 49.5 Å². The van der Waals surface area contributed by atoms with E-state index in [1.807, 2.05) is 12.1 Å². The molecule has 3 aromatic rings. The molecule has 0 N–H and O–H groups in total. The van der Waals surface area contributed by atoms with E-state index < -0.39 is 11.9 Å². The summed E-state index contributed by atoms with van der Waals surface area (Å²) in [6.45, 7) is 1.83. The maximum atomic E-state index is 12.1. The molecule has 0 amide bonds. The number of para-hydroxylation sites is 1. The summed E-state index contributed by atoms with van der Waals surface area (Å²) in [4.78, 5) is 28.2. The number of hydrogen-bond acceptors (Lipinski definition) is 6. The molecule has 1 aromatic carbocycles. The number of carbonyl (C=O) groups excluding carboxylic acids is 2. The van der Waals surface area contributed by atoms with Crippen LogP contribution in [0.25, 0.3) is 17.0 Å². The van der Waals surface area contributed by atoms with Crippen molar-refractivity contribution in [2.24, 2.45) is 0 Å². The van der Waals surface area contributed by atoms with E-state index in [0.29, 0.717) is 22.2 Å². The van der Waals surface area contributed by atoms with Crippen molar-refractivity contribution < 1.29 is 23.5 Å². The second-order valence-electron chi connectivity index (χ2n) is 5.32. The van der Waals surface area contributed by atoms with E-state index in [0.717, 1.165) is 0 Å². The van der Waals surface area contributed by atoms with Crippen molar-refractivity contribution in [1.82, 2.24) is 4.98 Å². The van der Waals surface area contributed by atoms with Crippen LogP contribution in [-0.4, -0.2) is 23.5 Å². The van der Waals surface area contributed by atoms with Crippen LogP contribution in [0.5, 0.6) is 0 Å². The first kappa shape index (κ1) is 17.4. The van der Waals surface area contributed by atoms with Crippen molar-refractivity contribution >= 4 is 29.0 Å². The van der Waals surface area contributed by atoms with Gasteiger partial charge in [-0.1, -0.05) is 24.3 Å². The molecule has 3 rings (SSSR count). The minimum Gasteiger partial charge on any atom is -0.460 e. The highest BCUT2D eigenvalue weighted by Crippen LogP contribution is 2.27. The number of carbonyl (C=O) groups is 2. The predicted molar refractivity (Wildman–Crippen MR) is 95.2 cm³/mol. The van der Waals surface area contributed by atoms with Gasteiger partial charge in [-0.3, -0.25) is 4.98 Å². The number of hydrogen-bond donors (Lipinski definition) is 0. The molecule has 0 aliphatic rings. The molecule has 6 heteroatoms. The van der Waals surface area contributed by atoms with Crippen LogP contribution in [0, 0.1) is 0 Å². The van der Waals surface area contributed by atoms with E-state index in [4.69, 9.17) is 13.9 Å². The van der Waals surface area contributed by atoms with Crippen LogP contribution in [0.4, 0.5) is 0 Å². The number of fused-ring (bicyclic) bond motifs is 1. The highest BCUT2D eigenvalue weighted by atomic mass is 16.5. The minimum absolute atomic E-state index is 0.0505. The minimum atomic E-state index is -0.584. The zero-order chi connectivity index (χ0) is 18.4. The smallest absolute Gasteiger partial charge is 0.374 e. The number of rotatable bonds is 6. The van der Waals surface area contributed by atoms with Crippen molar-refractivity contribution in [2.45, 2.75) is 13.5 Å². The first-order valence-electron chi connectivity index (χ1n) is 8.12. The van der Waals surface area contributed by atoms with Gasteiger partial charge >= 0.3 is 11.9 Å². The largest absolute Gasteiger partial charge is 0.460 e. The van der Waals surface area contributed by atoms with Crippen LogP contribution in [0.2, 0.25) is 0 Å². The van der Waals surface area contributed by atoms with Crippen LogP contribution < -0.4 is 0 Å². The molecule has 0 saturated heterocycles. The van der Waals surface area contributed by atoms with Crippen LogP contribution >= 0.6 is 0 Å². The van der Waals surface area contributed by atoms with Crippen molar-refractivity contribution in [3.63, 3.8) is 0 Å². The second kappa shape index (κ2) is 8.11. The third-order valence-electron chi connectivity index (χ3n) is 3.60. The summed E-state index contributed by atoms with van der Waals surface area (Å²) in [5.74, 6) is -1.08. The van der Waals surface area contributed by atoms with Crippen molar-refractivity contribution in [3.8, 4) is 0 Å². The van der Waals surface area contributed by atoms with E-state index in [2.05, 4.69) is 4.98 Å². The monoisotopic (exact) mass is 351 g/mol. The molecule has 26 heavy (non-hydrogen) atoms. The Hall–Kier alpha value is -3.41. The van der Waals surface area contributed by atoms with Crippen molar-refractivity contribution in [1.29, 1.82) is 0 Å². The molecule has 0 radical (unpaired) electrons. The van der Waals surface area contributed by atoms with Crippen molar-refractivity contribution in [2.75, 3.05) is 6.61 Å². The van der Waals surface area contributed by atoms with Crippen LogP contribution in [-0.2, 0) is 20.9 Å². The molecular formula is C20H17NO5. The molecule has 0 bridgehead atoms. The Morgan fingerprint density at radius 1 is 1.12 bits per heavy atom. The lowest BCUT2D eigenvalue weighted by atomic mass is 10.1. The van der Waals surface area contributed by atoms with E-state index >= 15 is 0 Å². The number of furan rings is 1. The molecule has 0 atom stereocenters. The fourth-order valence-corrected chi connectivity index (χ4v) is 2.42. The standard InChI is InChI=1S/C20H17NO5/c1-2-24-20(23)19-16(15-8-3-4-9-17(15)26-19)13-25-18(22)11-10-14-7-5-6-12-21-14/h3-12H,2,13H2,1H3/b11-10+. The molecule has 6 nitrogen and oxygen atoms in total. The topological polar surface area (TPSA) is 78.6 Å². The fourth-order valence-electron chi connectivity index (χ4n) is 2.42. The Morgan fingerprint density at radius 3 is 2.69 bits per heavy atom. The average molecular weight is 351 g/mol. The Balaban J connectivity index is 1.77. The lowest BCUT2D eigenvalue weighted by molar-refractivity contribution is -0.138. The highest BCUT2D eigenvalue weighted by Gasteiger charge is 2.22. The van der Waals surface area contributed by atoms with Gasteiger partial charge in [0.05, 0.1) is 17.9 Å². The van der Waals surface area contributed by atoms with Gasteiger partial charge in [0.25, 0.3) is 0 Å². The lowest BCUT2D eigenvalue weighted by Gasteiger charge is -2.04. The lowest BCUT2D eigenvalue weighted by Crippen LogP contribution is -2.08. The second-order valence-corrected chi connectivity index (χ2v) is 5.32. The molecule has 2 heterocycles. The Bertz CT molecular complexity index is 943. The summed E-state index contributed by atoms with van der Waals surface area (Å²) in [5, 5.41) is 0.706. The first-order chi connectivity index (χ1) is 12.7. The number of esters is 2. The van der Waals surface area contributed by atoms with Crippen LogP contribution in [0.1, 0.15) is 28.7 Å². The molecule has 2 aromatic heterocycles. The van der Waals surface area contributed by atoms with Gasteiger partial charge in [0.15, 0.2) is 0 Å². The van der Waals surface area contributed by atoms with E-state index in [-0.39, 0.29) is 19.0 Å². The third kappa shape index (κ3) is 3.97. The molecule has 0 spiro atoms. The third-order valence-corrected chi connectivity index (χ3v) is 3.60. The Kier molecular flexibility index (Phi) is 5.43. The number of ether oxygens (including phenoxy) is 2. The van der Waals surface area contributed by atoms with Gasteiger partial charge in [0.2, 0.25) is 5.76 Å². The van der Waals surface area contributed by atoms with E-state index in [9.17, 15) is 9.59 Å². The number of aromatic nitrogens is 1. The van der Waals surface area contributed by atoms with Crippen LogP contribution in [0.3, 0.4) is 0 Å². The zero-order valence-corrected chi connectivity index (χ0v) is 14.2. The maximum absolute atomic E-state index is 12.1. The first-order valence-corrected chi connectivity index (χ1v) is 8.12. The molecule has 0 fully saturated rings. The van der Waals surface area contributed by atoms with Gasteiger partial charge in [-0.15, -0.1) is 0 Å². The van der Waals surface area contributed by atoms with Gasteiger partial charge in [-0.2, -0.15) is 0 Å². The number of pyridine rings is 1. The Labute approximate surface area is 150 Å². The quantitative estimate of drug-likeness (QED) is 0.497. The summed E-state index contributed by atoms with van der Waals surface area (Å²) < 4.78 is 15.9.